The van der Waals surface area contributed by atoms with Crippen LogP contribution in [0.5, 0.6) is 0 Å². The monoisotopic (exact) mass is 372 g/mol. The van der Waals surface area contributed by atoms with Crippen molar-refractivity contribution in [2.75, 3.05) is 5.32 Å². The number of benzene rings is 2. The van der Waals surface area contributed by atoms with E-state index in [4.69, 9.17) is 4.42 Å². The number of carbonyl (C=O) groups excluding carboxylic acids is 1. The van der Waals surface area contributed by atoms with Crippen LogP contribution in [0.3, 0.4) is 0 Å². The molecule has 0 unspecified atom stereocenters. The number of anilines is 1. The fourth-order valence-electron chi connectivity index (χ4n) is 2.99. The Balaban J connectivity index is 1.56. The number of fused-ring (bicyclic) bond motifs is 1. The maximum absolute atomic E-state index is 13.9. The predicted octanol–water partition coefficient (Wildman–Crippen LogP) is 5.70. The predicted molar refractivity (Wildman–Crippen MR) is 108 cm³/mol. The van der Waals surface area contributed by atoms with Crippen molar-refractivity contribution in [1.82, 2.24) is 4.98 Å². The zero-order valence-corrected chi connectivity index (χ0v) is 15.1. The fourth-order valence-corrected chi connectivity index (χ4v) is 2.99. The second-order valence-corrected chi connectivity index (χ2v) is 6.34. The first kappa shape index (κ1) is 17.7. The molecule has 0 aliphatic rings. The van der Waals surface area contributed by atoms with Gasteiger partial charge in [0.25, 0.3) is 5.91 Å². The fraction of sp³-hybridized carbons (Fsp3) is 0.0435. The molecule has 0 saturated heterocycles. The normalized spacial score (nSPS) is 11.2. The third kappa shape index (κ3) is 3.55. The molecule has 5 heteroatoms. The maximum atomic E-state index is 13.9. The summed E-state index contributed by atoms with van der Waals surface area (Å²) in [6, 6.07) is 17.7. The molecule has 4 nitrogen and oxygen atoms in total. The van der Waals surface area contributed by atoms with E-state index in [2.05, 4.69) is 10.3 Å². The Morgan fingerprint density at radius 1 is 1.07 bits per heavy atom. The molecule has 1 amide bonds. The quantitative estimate of drug-likeness (QED) is 0.500. The number of nitrogens with one attached hydrogen (secondary N) is 1. The van der Waals surface area contributed by atoms with Crippen molar-refractivity contribution in [3.05, 3.63) is 95.3 Å². The second kappa shape index (κ2) is 7.48. The van der Waals surface area contributed by atoms with E-state index in [-0.39, 0.29) is 11.3 Å². The van der Waals surface area contributed by atoms with E-state index < -0.39 is 11.7 Å². The Hall–Kier alpha value is -3.73. The van der Waals surface area contributed by atoms with Gasteiger partial charge in [0.2, 0.25) is 0 Å². The van der Waals surface area contributed by atoms with Crippen LogP contribution >= 0.6 is 0 Å². The smallest absolute Gasteiger partial charge is 0.291 e. The number of halogens is 1. The van der Waals surface area contributed by atoms with Crippen molar-refractivity contribution in [3.63, 3.8) is 0 Å². The van der Waals surface area contributed by atoms with E-state index in [1.165, 1.54) is 6.07 Å². The van der Waals surface area contributed by atoms with E-state index in [9.17, 15) is 9.18 Å². The van der Waals surface area contributed by atoms with Crippen molar-refractivity contribution >= 4 is 34.7 Å². The summed E-state index contributed by atoms with van der Waals surface area (Å²) in [5.74, 6) is -0.796. The molecule has 0 bridgehead atoms. The van der Waals surface area contributed by atoms with Gasteiger partial charge in [-0.15, -0.1) is 0 Å². The maximum Gasteiger partial charge on any atom is 0.291 e. The summed E-state index contributed by atoms with van der Waals surface area (Å²) in [7, 11) is 0. The highest BCUT2D eigenvalue weighted by molar-refractivity contribution is 6.06. The van der Waals surface area contributed by atoms with Crippen LogP contribution in [-0.4, -0.2) is 10.9 Å². The molecule has 0 saturated carbocycles. The summed E-state index contributed by atoms with van der Waals surface area (Å²) >= 11 is 0. The summed E-state index contributed by atoms with van der Waals surface area (Å²) < 4.78 is 19.4. The van der Waals surface area contributed by atoms with Crippen molar-refractivity contribution in [3.8, 4) is 0 Å². The van der Waals surface area contributed by atoms with E-state index in [1.807, 2.05) is 48.6 Å². The molecule has 0 spiro atoms. The highest BCUT2D eigenvalue weighted by atomic mass is 19.1. The number of amides is 1. The number of carbonyl (C=O) groups is 1. The second-order valence-electron chi connectivity index (χ2n) is 6.34. The van der Waals surface area contributed by atoms with E-state index >= 15 is 0 Å². The van der Waals surface area contributed by atoms with Crippen LogP contribution in [0.15, 0.2) is 71.3 Å². The van der Waals surface area contributed by atoms with Crippen LogP contribution in [-0.2, 0) is 0 Å². The third-order valence-electron chi connectivity index (χ3n) is 4.40. The minimum Gasteiger partial charge on any atom is -0.448 e. The van der Waals surface area contributed by atoms with Crippen molar-refractivity contribution in [1.29, 1.82) is 0 Å². The number of pyridine rings is 1. The zero-order chi connectivity index (χ0) is 19.5. The Morgan fingerprint density at radius 3 is 2.71 bits per heavy atom. The number of hydrogen-bond donors (Lipinski definition) is 1. The molecule has 0 atom stereocenters. The standard InChI is InChI=1S/C23H17FN2O2/c1-15-19-9-5-10-20(24)22(19)28-21(15)23(27)26-18-8-4-6-16(14-18)11-12-17-7-2-3-13-25-17/h2-14H,1H3,(H,26,27)/b12-11+. The molecule has 2 heterocycles. The first-order chi connectivity index (χ1) is 13.6. The van der Waals surface area contributed by atoms with Gasteiger partial charge in [-0.3, -0.25) is 9.78 Å². The van der Waals surface area contributed by atoms with E-state index in [1.54, 1.807) is 31.3 Å². The highest BCUT2D eigenvalue weighted by Crippen LogP contribution is 2.28. The van der Waals surface area contributed by atoms with Gasteiger partial charge < -0.3 is 9.73 Å². The van der Waals surface area contributed by atoms with Gasteiger partial charge in [-0.25, -0.2) is 4.39 Å². The molecular weight excluding hydrogens is 355 g/mol. The lowest BCUT2D eigenvalue weighted by Crippen LogP contribution is -2.12. The zero-order valence-electron chi connectivity index (χ0n) is 15.1. The summed E-state index contributed by atoms with van der Waals surface area (Å²) in [4.78, 5) is 16.9. The average molecular weight is 372 g/mol. The third-order valence-corrected chi connectivity index (χ3v) is 4.40. The Bertz CT molecular complexity index is 1180. The molecule has 0 aliphatic heterocycles. The number of para-hydroxylation sites is 1. The molecule has 138 valence electrons. The van der Waals surface area contributed by atoms with Crippen LogP contribution in [0.25, 0.3) is 23.1 Å². The number of furan rings is 1. The molecule has 28 heavy (non-hydrogen) atoms. The van der Waals surface area contributed by atoms with Crippen molar-refractivity contribution < 1.29 is 13.6 Å². The summed E-state index contributed by atoms with van der Waals surface area (Å²) in [6.45, 7) is 1.74. The molecular formula is C23H17FN2O2. The van der Waals surface area contributed by atoms with Gasteiger partial charge in [0.1, 0.15) is 0 Å². The van der Waals surface area contributed by atoms with Gasteiger partial charge in [0, 0.05) is 22.8 Å². The van der Waals surface area contributed by atoms with E-state index in [0.717, 1.165) is 11.3 Å². The molecule has 0 fully saturated rings. The molecule has 4 rings (SSSR count). The van der Waals surface area contributed by atoms with Gasteiger partial charge in [0.05, 0.1) is 5.69 Å². The van der Waals surface area contributed by atoms with Gasteiger partial charge in [-0.2, -0.15) is 0 Å². The van der Waals surface area contributed by atoms with Gasteiger partial charge in [-0.05, 0) is 48.9 Å². The largest absolute Gasteiger partial charge is 0.448 e. The van der Waals surface area contributed by atoms with Crippen LogP contribution in [0.4, 0.5) is 10.1 Å². The van der Waals surface area contributed by atoms with Gasteiger partial charge >= 0.3 is 0 Å². The van der Waals surface area contributed by atoms with Gasteiger partial charge in [-0.1, -0.05) is 36.4 Å². The lowest BCUT2D eigenvalue weighted by Gasteiger charge is -2.05. The number of nitrogens with zero attached hydrogens (tertiary/aromatic N) is 1. The molecule has 2 aromatic carbocycles. The highest BCUT2D eigenvalue weighted by Gasteiger charge is 2.19. The molecule has 1 N–H and O–H groups in total. The summed E-state index contributed by atoms with van der Waals surface area (Å²) in [5.41, 5.74) is 3.08. The van der Waals surface area contributed by atoms with Crippen LogP contribution in [0.1, 0.15) is 27.4 Å². The number of hydrogen-bond acceptors (Lipinski definition) is 3. The van der Waals surface area contributed by atoms with Crippen LogP contribution in [0.2, 0.25) is 0 Å². The average Bonchev–Trinajstić information content (AvgIpc) is 3.06. The number of aryl methyl sites for hydroxylation is 1. The number of aromatic nitrogens is 1. The SMILES string of the molecule is Cc1c(C(=O)Nc2cccc(/C=C/c3ccccn3)c2)oc2c(F)cccc12. The van der Waals surface area contributed by atoms with E-state index in [0.29, 0.717) is 16.6 Å². The number of rotatable bonds is 4. The Labute approximate surface area is 161 Å². The molecule has 4 aromatic rings. The minimum atomic E-state index is -0.485. The summed E-state index contributed by atoms with van der Waals surface area (Å²) in [6.07, 6.45) is 5.54. The Kier molecular flexibility index (Phi) is 4.72. The summed E-state index contributed by atoms with van der Waals surface area (Å²) in [5, 5.41) is 3.41. The van der Waals surface area contributed by atoms with Crippen LogP contribution in [0, 0.1) is 12.7 Å². The van der Waals surface area contributed by atoms with Crippen molar-refractivity contribution in [2.24, 2.45) is 0 Å². The van der Waals surface area contributed by atoms with Crippen molar-refractivity contribution in [2.45, 2.75) is 6.92 Å². The van der Waals surface area contributed by atoms with Crippen LogP contribution < -0.4 is 5.32 Å². The molecule has 0 aliphatic carbocycles. The molecule has 2 aromatic heterocycles. The molecule has 0 radical (unpaired) electrons. The Morgan fingerprint density at radius 2 is 1.93 bits per heavy atom. The first-order valence-electron chi connectivity index (χ1n) is 8.80. The lowest BCUT2D eigenvalue weighted by atomic mass is 10.1. The topological polar surface area (TPSA) is 55.1 Å². The lowest BCUT2D eigenvalue weighted by molar-refractivity contribution is 0.0997. The minimum absolute atomic E-state index is 0.0946. The van der Waals surface area contributed by atoms with Gasteiger partial charge in [0.15, 0.2) is 17.2 Å². The first-order valence-corrected chi connectivity index (χ1v) is 8.80.